The van der Waals surface area contributed by atoms with Crippen molar-refractivity contribution in [2.45, 2.75) is 12.8 Å². The van der Waals surface area contributed by atoms with Crippen molar-refractivity contribution < 1.29 is 9.18 Å². The van der Waals surface area contributed by atoms with Gasteiger partial charge in [-0.1, -0.05) is 24.3 Å². The molecule has 0 saturated carbocycles. The highest BCUT2D eigenvalue weighted by Crippen LogP contribution is 2.21. The quantitative estimate of drug-likeness (QED) is 0.875. The number of ketones is 1. The zero-order chi connectivity index (χ0) is 13.8. The molecular weight excluding hydrogens is 309 g/mol. The Bertz CT molecular complexity index is 613. The van der Waals surface area contributed by atoms with E-state index in [0.29, 0.717) is 22.1 Å². The molecule has 2 rings (SSSR count). The topological polar surface area (TPSA) is 43.1 Å². The van der Waals surface area contributed by atoms with Crippen LogP contribution in [0, 0.1) is 5.82 Å². The van der Waals surface area contributed by atoms with Crippen LogP contribution < -0.4 is 5.73 Å². The fourth-order valence-corrected chi connectivity index (χ4v) is 2.30. The third-order valence-electron chi connectivity index (χ3n) is 2.77. The van der Waals surface area contributed by atoms with E-state index in [9.17, 15) is 9.18 Å². The molecule has 0 aliphatic heterocycles. The van der Waals surface area contributed by atoms with E-state index < -0.39 is 0 Å². The maximum absolute atomic E-state index is 13.3. The van der Waals surface area contributed by atoms with Crippen LogP contribution in [0.3, 0.4) is 0 Å². The van der Waals surface area contributed by atoms with E-state index in [2.05, 4.69) is 15.9 Å². The normalized spacial score (nSPS) is 10.4. The lowest BCUT2D eigenvalue weighted by atomic mass is 10.0. The summed E-state index contributed by atoms with van der Waals surface area (Å²) in [5, 5.41) is 0. The highest BCUT2D eigenvalue weighted by Gasteiger charge is 2.10. The van der Waals surface area contributed by atoms with Crippen LogP contribution in [-0.2, 0) is 17.6 Å². The number of anilines is 1. The van der Waals surface area contributed by atoms with Gasteiger partial charge in [-0.15, -0.1) is 0 Å². The van der Waals surface area contributed by atoms with E-state index in [1.165, 1.54) is 6.07 Å². The molecule has 0 saturated heterocycles. The van der Waals surface area contributed by atoms with E-state index in [-0.39, 0.29) is 18.0 Å². The average molecular weight is 322 g/mol. The van der Waals surface area contributed by atoms with Gasteiger partial charge >= 0.3 is 0 Å². The second kappa shape index (κ2) is 5.97. The predicted octanol–water partition coefficient (Wildman–Crippen LogP) is 3.52. The number of hydrogen-bond donors (Lipinski definition) is 1. The Kier molecular flexibility index (Phi) is 4.32. The van der Waals surface area contributed by atoms with Crippen LogP contribution in [0.15, 0.2) is 46.9 Å². The highest BCUT2D eigenvalue weighted by atomic mass is 79.9. The molecule has 2 N–H and O–H groups in total. The molecule has 0 bridgehead atoms. The number of hydrogen-bond acceptors (Lipinski definition) is 2. The van der Waals surface area contributed by atoms with Gasteiger partial charge in [-0.05, 0) is 45.3 Å². The Morgan fingerprint density at radius 2 is 1.89 bits per heavy atom. The van der Waals surface area contributed by atoms with Crippen molar-refractivity contribution in [3.8, 4) is 0 Å². The molecule has 0 aliphatic carbocycles. The molecule has 0 aliphatic rings. The minimum absolute atomic E-state index is 0.0249. The third kappa shape index (κ3) is 3.64. The number of carbonyl (C=O) groups is 1. The van der Waals surface area contributed by atoms with Crippen LogP contribution in [0.5, 0.6) is 0 Å². The molecule has 19 heavy (non-hydrogen) atoms. The lowest BCUT2D eigenvalue weighted by Gasteiger charge is -2.05. The summed E-state index contributed by atoms with van der Waals surface area (Å²) >= 11 is 3.16. The first-order chi connectivity index (χ1) is 9.06. The summed E-state index contributed by atoms with van der Waals surface area (Å²) in [5.74, 6) is -0.328. The van der Waals surface area contributed by atoms with Crippen LogP contribution in [0.1, 0.15) is 11.1 Å². The molecule has 0 aromatic heterocycles. The van der Waals surface area contributed by atoms with Gasteiger partial charge in [-0.25, -0.2) is 4.39 Å². The fourth-order valence-electron chi connectivity index (χ4n) is 1.89. The molecule has 98 valence electrons. The van der Waals surface area contributed by atoms with Crippen LogP contribution in [0.4, 0.5) is 10.1 Å². The molecule has 0 unspecified atom stereocenters. The first kappa shape index (κ1) is 13.7. The number of nitrogen functional groups attached to an aromatic ring is 1. The summed E-state index contributed by atoms with van der Waals surface area (Å²) in [5.41, 5.74) is 7.83. The number of carbonyl (C=O) groups excluding carboxylic acids is 1. The summed E-state index contributed by atoms with van der Waals surface area (Å²) in [6.45, 7) is 0. The van der Waals surface area contributed by atoms with Crippen molar-refractivity contribution >= 4 is 27.4 Å². The second-order valence-corrected chi connectivity index (χ2v) is 5.14. The number of nitrogens with two attached hydrogens (primary N) is 1. The minimum Gasteiger partial charge on any atom is -0.399 e. The molecule has 0 atom stereocenters. The van der Waals surface area contributed by atoms with Gasteiger partial charge in [0.25, 0.3) is 0 Å². The first-order valence-electron chi connectivity index (χ1n) is 5.85. The van der Waals surface area contributed by atoms with Gasteiger partial charge in [0.1, 0.15) is 11.6 Å². The van der Waals surface area contributed by atoms with E-state index in [1.54, 1.807) is 24.3 Å². The standard InChI is InChI=1S/C15H13BrFNO/c16-15-11(4-2-6-14(15)17)9-13(19)8-10-3-1-5-12(18)7-10/h1-7H,8-9,18H2. The highest BCUT2D eigenvalue weighted by molar-refractivity contribution is 9.10. The number of benzene rings is 2. The van der Waals surface area contributed by atoms with E-state index in [0.717, 1.165) is 5.56 Å². The van der Waals surface area contributed by atoms with Crippen molar-refractivity contribution in [2.24, 2.45) is 0 Å². The maximum Gasteiger partial charge on any atom is 0.141 e. The monoisotopic (exact) mass is 321 g/mol. The zero-order valence-corrected chi connectivity index (χ0v) is 11.8. The predicted molar refractivity (Wildman–Crippen MR) is 77.4 cm³/mol. The Morgan fingerprint density at radius 1 is 1.16 bits per heavy atom. The van der Waals surface area contributed by atoms with Crippen LogP contribution in [0.25, 0.3) is 0 Å². The van der Waals surface area contributed by atoms with Crippen LogP contribution in [-0.4, -0.2) is 5.78 Å². The third-order valence-corrected chi connectivity index (χ3v) is 3.66. The largest absolute Gasteiger partial charge is 0.399 e. The second-order valence-electron chi connectivity index (χ2n) is 4.35. The smallest absolute Gasteiger partial charge is 0.141 e. The number of halogens is 2. The van der Waals surface area contributed by atoms with E-state index in [4.69, 9.17) is 5.73 Å². The lowest BCUT2D eigenvalue weighted by molar-refractivity contribution is -0.117. The Hall–Kier alpha value is -1.68. The van der Waals surface area contributed by atoms with Gasteiger partial charge in [0.05, 0.1) is 4.47 Å². The van der Waals surface area contributed by atoms with Crippen molar-refractivity contribution in [1.29, 1.82) is 0 Å². The minimum atomic E-state index is -0.353. The average Bonchev–Trinajstić information content (AvgIpc) is 2.35. The maximum atomic E-state index is 13.3. The Balaban J connectivity index is 2.08. The number of rotatable bonds is 4. The van der Waals surface area contributed by atoms with Crippen LogP contribution >= 0.6 is 15.9 Å². The molecule has 0 amide bonds. The van der Waals surface area contributed by atoms with Crippen LogP contribution in [0.2, 0.25) is 0 Å². The molecule has 0 radical (unpaired) electrons. The van der Waals surface area contributed by atoms with Gasteiger partial charge < -0.3 is 5.73 Å². The number of Topliss-reactive ketones (excluding diaryl/α,β-unsaturated/α-hetero) is 1. The van der Waals surface area contributed by atoms with Crippen molar-refractivity contribution in [1.82, 2.24) is 0 Å². The lowest BCUT2D eigenvalue weighted by Crippen LogP contribution is -2.07. The first-order valence-corrected chi connectivity index (χ1v) is 6.64. The van der Waals surface area contributed by atoms with E-state index >= 15 is 0 Å². The van der Waals surface area contributed by atoms with Crippen molar-refractivity contribution in [3.05, 3.63) is 63.9 Å². The molecule has 2 aromatic rings. The van der Waals surface area contributed by atoms with Gasteiger partial charge in [0.2, 0.25) is 0 Å². The fraction of sp³-hybridized carbons (Fsp3) is 0.133. The zero-order valence-electron chi connectivity index (χ0n) is 10.2. The molecule has 0 heterocycles. The van der Waals surface area contributed by atoms with Gasteiger partial charge in [0, 0.05) is 18.5 Å². The summed E-state index contributed by atoms with van der Waals surface area (Å²) < 4.78 is 13.7. The summed E-state index contributed by atoms with van der Waals surface area (Å²) in [4.78, 5) is 12.0. The SMILES string of the molecule is Nc1cccc(CC(=O)Cc2cccc(F)c2Br)c1. The molecule has 2 aromatic carbocycles. The van der Waals surface area contributed by atoms with Gasteiger partial charge in [0.15, 0.2) is 0 Å². The van der Waals surface area contributed by atoms with Gasteiger partial charge in [-0.2, -0.15) is 0 Å². The Morgan fingerprint density at radius 3 is 2.63 bits per heavy atom. The summed E-state index contributed by atoms with van der Waals surface area (Å²) in [6.07, 6.45) is 0.501. The molecule has 2 nitrogen and oxygen atoms in total. The molecular formula is C15H13BrFNO. The molecule has 0 spiro atoms. The Labute approximate surface area is 119 Å². The van der Waals surface area contributed by atoms with Crippen molar-refractivity contribution in [2.75, 3.05) is 5.73 Å². The summed E-state index contributed by atoms with van der Waals surface area (Å²) in [6, 6.07) is 11.9. The summed E-state index contributed by atoms with van der Waals surface area (Å²) in [7, 11) is 0. The molecule has 4 heteroatoms. The van der Waals surface area contributed by atoms with Crippen molar-refractivity contribution in [3.63, 3.8) is 0 Å². The molecule has 0 fully saturated rings. The van der Waals surface area contributed by atoms with E-state index in [1.807, 2.05) is 12.1 Å². The van der Waals surface area contributed by atoms with Gasteiger partial charge in [-0.3, -0.25) is 4.79 Å².